The van der Waals surface area contributed by atoms with Crippen molar-refractivity contribution in [3.63, 3.8) is 0 Å². The quantitative estimate of drug-likeness (QED) is 0.674. The van der Waals surface area contributed by atoms with Crippen molar-refractivity contribution in [3.8, 4) is 0 Å². The zero-order valence-electron chi connectivity index (χ0n) is 14.8. The second-order valence-corrected chi connectivity index (χ2v) is 10.1. The minimum atomic E-state index is -3.90. The van der Waals surface area contributed by atoms with Crippen LogP contribution in [0.15, 0.2) is 34.1 Å². The number of carbonyl (C=O) groups is 1. The Labute approximate surface area is 159 Å². The molecule has 2 aliphatic rings. The van der Waals surface area contributed by atoms with Crippen molar-refractivity contribution in [1.82, 2.24) is 13.9 Å². The molecule has 2 saturated heterocycles. The highest BCUT2D eigenvalue weighted by Crippen LogP contribution is 2.19. The number of ether oxygens (including phenoxy) is 1. The molecule has 27 heavy (non-hydrogen) atoms. The van der Waals surface area contributed by atoms with Gasteiger partial charge in [0.15, 0.2) is 0 Å². The average molecular weight is 418 g/mol. The van der Waals surface area contributed by atoms with Crippen LogP contribution in [0.5, 0.6) is 0 Å². The summed E-state index contributed by atoms with van der Waals surface area (Å²) in [4.78, 5) is 13.6. The molecule has 0 spiro atoms. The molecule has 150 valence electrons. The third-order valence-corrected chi connectivity index (χ3v) is 7.94. The number of nitrogens with one attached hydrogen (secondary N) is 1. The Hall–Kier alpha value is -1.53. The summed E-state index contributed by atoms with van der Waals surface area (Å²) in [5.74, 6) is -0.261. The molecule has 2 aliphatic heterocycles. The second kappa shape index (κ2) is 8.23. The summed E-state index contributed by atoms with van der Waals surface area (Å²) in [5, 5.41) is 0. The number of likely N-dealkylation sites (tertiary alicyclic amines) is 1. The number of carbonyl (C=O) groups excluding carboxylic acids is 1. The van der Waals surface area contributed by atoms with E-state index in [9.17, 15) is 21.6 Å². The smallest absolute Gasteiger partial charge is 0.243 e. The third kappa shape index (κ3) is 4.66. The summed E-state index contributed by atoms with van der Waals surface area (Å²) in [6.45, 7) is 2.19. The van der Waals surface area contributed by atoms with E-state index in [-0.39, 0.29) is 35.3 Å². The van der Waals surface area contributed by atoms with Gasteiger partial charge >= 0.3 is 0 Å². The summed E-state index contributed by atoms with van der Waals surface area (Å²) in [5.41, 5.74) is 0. The van der Waals surface area contributed by atoms with E-state index in [1.165, 1.54) is 28.6 Å². The molecule has 0 saturated carbocycles. The molecule has 0 radical (unpaired) electrons. The van der Waals surface area contributed by atoms with E-state index in [2.05, 4.69) is 4.72 Å². The van der Waals surface area contributed by atoms with E-state index < -0.39 is 20.0 Å². The largest absolute Gasteiger partial charge is 0.379 e. The number of sulfonamides is 2. The van der Waals surface area contributed by atoms with Gasteiger partial charge in [-0.3, -0.25) is 4.79 Å². The molecule has 1 N–H and O–H groups in total. The number of hydrogen-bond donors (Lipinski definition) is 1. The van der Waals surface area contributed by atoms with Gasteiger partial charge in [0.1, 0.15) is 0 Å². The van der Waals surface area contributed by atoms with Crippen LogP contribution in [0.25, 0.3) is 0 Å². The van der Waals surface area contributed by atoms with Crippen LogP contribution in [-0.4, -0.2) is 77.9 Å². The van der Waals surface area contributed by atoms with Gasteiger partial charge in [-0.05, 0) is 37.1 Å². The molecule has 9 nitrogen and oxygen atoms in total. The minimum Gasteiger partial charge on any atom is -0.379 e. The van der Waals surface area contributed by atoms with Crippen LogP contribution in [0.2, 0.25) is 0 Å². The molecular formula is C16H23N3O6S2. The lowest BCUT2D eigenvalue weighted by Gasteiger charge is -2.26. The standard InChI is InChI=1S/C16H23N3O6S2/c20-16(18-7-1-2-8-18)13-17-26(21,22)14-3-5-15(6-4-14)27(23,24)19-9-11-25-12-10-19/h3-6,17H,1-2,7-13H2. The van der Waals surface area contributed by atoms with Gasteiger partial charge in [-0.25, -0.2) is 21.6 Å². The molecule has 0 aliphatic carbocycles. The number of rotatable bonds is 6. The maximum Gasteiger partial charge on any atom is 0.243 e. The molecule has 0 bridgehead atoms. The lowest BCUT2D eigenvalue weighted by atomic mass is 10.4. The Balaban J connectivity index is 1.67. The Morgan fingerprint density at radius 2 is 1.48 bits per heavy atom. The first-order valence-electron chi connectivity index (χ1n) is 8.76. The average Bonchev–Trinajstić information content (AvgIpc) is 3.22. The van der Waals surface area contributed by atoms with Crippen molar-refractivity contribution >= 4 is 26.0 Å². The molecule has 1 aromatic rings. The molecule has 11 heteroatoms. The lowest BCUT2D eigenvalue weighted by molar-refractivity contribution is -0.128. The van der Waals surface area contributed by atoms with Crippen LogP contribution in [0.3, 0.4) is 0 Å². The van der Waals surface area contributed by atoms with Crippen LogP contribution in [-0.2, 0) is 29.6 Å². The highest BCUT2D eigenvalue weighted by molar-refractivity contribution is 7.89. The molecule has 1 aromatic carbocycles. The van der Waals surface area contributed by atoms with E-state index in [1.54, 1.807) is 4.90 Å². The van der Waals surface area contributed by atoms with Gasteiger partial charge in [0.25, 0.3) is 0 Å². The van der Waals surface area contributed by atoms with Crippen molar-refractivity contribution in [2.24, 2.45) is 0 Å². The van der Waals surface area contributed by atoms with Gasteiger partial charge < -0.3 is 9.64 Å². The van der Waals surface area contributed by atoms with Crippen molar-refractivity contribution in [2.75, 3.05) is 45.9 Å². The third-order valence-electron chi connectivity index (χ3n) is 4.61. The zero-order chi connectivity index (χ0) is 19.5. The van der Waals surface area contributed by atoms with Gasteiger partial charge in [-0.1, -0.05) is 0 Å². The molecule has 1 amide bonds. The monoisotopic (exact) mass is 417 g/mol. The maximum absolute atomic E-state index is 12.6. The fourth-order valence-corrected chi connectivity index (χ4v) is 5.43. The van der Waals surface area contributed by atoms with Crippen LogP contribution in [0.1, 0.15) is 12.8 Å². The van der Waals surface area contributed by atoms with Crippen LogP contribution in [0.4, 0.5) is 0 Å². The van der Waals surface area contributed by atoms with Crippen molar-refractivity contribution < 1.29 is 26.4 Å². The van der Waals surface area contributed by atoms with E-state index >= 15 is 0 Å². The predicted molar refractivity (Wildman–Crippen MR) is 97.0 cm³/mol. The number of benzene rings is 1. The van der Waals surface area contributed by atoms with Crippen molar-refractivity contribution in [3.05, 3.63) is 24.3 Å². The summed E-state index contributed by atoms with van der Waals surface area (Å²) in [7, 11) is -7.58. The molecule has 0 unspecified atom stereocenters. The Morgan fingerprint density at radius 1 is 0.926 bits per heavy atom. The number of hydrogen-bond acceptors (Lipinski definition) is 6. The highest BCUT2D eigenvalue weighted by Gasteiger charge is 2.27. The van der Waals surface area contributed by atoms with Gasteiger partial charge in [-0.2, -0.15) is 4.31 Å². The summed E-state index contributed by atoms with van der Waals surface area (Å²) >= 11 is 0. The summed E-state index contributed by atoms with van der Waals surface area (Å²) in [6.07, 6.45) is 1.86. The normalized spacial score (nSPS) is 19.3. The van der Waals surface area contributed by atoms with E-state index in [0.717, 1.165) is 12.8 Å². The molecular weight excluding hydrogens is 394 g/mol. The van der Waals surface area contributed by atoms with Gasteiger partial charge in [-0.15, -0.1) is 0 Å². The van der Waals surface area contributed by atoms with Crippen LogP contribution < -0.4 is 4.72 Å². The number of amides is 1. The molecule has 2 fully saturated rings. The van der Waals surface area contributed by atoms with E-state index in [4.69, 9.17) is 4.74 Å². The molecule has 3 rings (SSSR count). The van der Waals surface area contributed by atoms with Gasteiger partial charge in [0, 0.05) is 26.2 Å². The molecule has 0 atom stereocenters. The first kappa shape index (κ1) is 20.2. The number of nitrogens with zero attached hydrogens (tertiary/aromatic N) is 2. The predicted octanol–water partition coefficient (Wildman–Crippen LogP) is -0.392. The first-order valence-corrected chi connectivity index (χ1v) is 11.7. The number of morpholine rings is 1. The fourth-order valence-electron chi connectivity index (χ4n) is 3.05. The minimum absolute atomic E-state index is 0.0245. The topological polar surface area (TPSA) is 113 Å². The zero-order valence-corrected chi connectivity index (χ0v) is 16.5. The Morgan fingerprint density at radius 3 is 2.07 bits per heavy atom. The molecule has 0 aromatic heterocycles. The lowest BCUT2D eigenvalue weighted by Crippen LogP contribution is -2.40. The fraction of sp³-hybridized carbons (Fsp3) is 0.562. The highest BCUT2D eigenvalue weighted by atomic mass is 32.2. The van der Waals surface area contributed by atoms with Gasteiger partial charge in [0.05, 0.1) is 29.5 Å². The summed E-state index contributed by atoms with van der Waals surface area (Å²) in [6, 6.07) is 5.00. The van der Waals surface area contributed by atoms with Crippen LogP contribution in [0, 0.1) is 0 Å². The Kier molecular flexibility index (Phi) is 6.16. The Bertz CT molecular complexity index is 871. The van der Waals surface area contributed by atoms with Gasteiger partial charge in [0.2, 0.25) is 26.0 Å². The van der Waals surface area contributed by atoms with Crippen molar-refractivity contribution in [1.29, 1.82) is 0 Å². The van der Waals surface area contributed by atoms with Crippen molar-refractivity contribution in [2.45, 2.75) is 22.6 Å². The maximum atomic E-state index is 12.6. The first-order chi connectivity index (χ1) is 12.8. The molecule has 2 heterocycles. The van der Waals surface area contributed by atoms with Crippen LogP contribution >= 0.6 is 0 Å². The summed E-state index contributed by atoms with van der Waals surface area (Å²) < 4.78 is 58.6. The van der Waals surface area contributed by atoms with E-state index in [0.29, 0.717) is 26.3 Å². The second-order valence-electron chi connectivity index (χ2n) is 6.40. The van der Waals surface area contributed by atoms with E-state index in [1.807, 2.05) is 0 Å². The SMILES string of the molecule is O=C(CNS(=O)(=O)c1ccc(S(=O)(=O)N2CCOCC2)cc1)N1CCCC1.